The third-order valence-electron chi connectivity index (χ3n) is 5.68. The first-order valence-corrected chi connectivity index (χ1v) is 11.3. The Balaban J connectivity index is 1.71. The number of rotatable bonds is 4. The zero-order valence-corrected chi connectivity index (χ0v) is 19.1. The summed E-state index contributed by atoms with van der Waals surface area (Å²) in [5.74, 6) is -3.07. The highest BCUT2D eigenvalue weighted by Crippen LogP contribution is 2.44. The Morgan fingerprint density at radius 3 is 2.43 bits per heavy atom. The lowest BCUT2D eigenvalue weighted by atomic mass is 9.95. The lowest BCUT2D eigenvalue weighted by molar-refractivity contribution is -0.132. The molecule has 1 aromatic heterocycles. The van der Waals surface area contributed by atoms with Gasteiger partial charge in [-0.3, -0.25) is 14.5 Å². The highest BCUT2D eigenvalue weighted by Gasteiger charge is 2.48. The molecule has 0 bridgehead atoms. The summed E-state index contributed by atoms with van der Waals surface area (Å²) in [5, 5.41) is 11.3. The minimum atomic E-state index is -1.02. The second-order valence-corrected chi connectivity index (χ2v) is 8.77. The van der Waals surface area contributed by atoms with E-state index in [9.17, 15) is 23.9 Å². The van der Waals surface area contributed by atoms with Gasteiger partial charge in [-0.25, -0.2) is 14.2 Å². The molecule has 174 valence electrons. The van der Waals surface area contributed by atoms with Crippen LogP contribution in [0.3, 0.4) is 0 Å². The average Bonchev–Trinajstić information content (AvgIpc) is 3.41. The van der Waals surface area contributed by atoms with Gasteiger partial charge in [0.25, 0.3) is 5.78 Å². The van der Waals surface area contributed by atoms with Crippen molar-refractivity contribution in [3.63, 3.8) is 0 Å². The zero-order valence-electron chi connectivity index (χ0n) is 18.3. The number of aromatic nitrogens is 1. The van der Waals surface area contributed by atoms with Gasteiger partial charge in [0.1, 0.15) is 11.6 Å². The van der Waals surface area contributed by atoms with Crippen LogP contribution in [0, 0.1) is 5.82 Å². The van der Waals surface area contributed by atoms with Crippen molar-refractivity contribution in [1.29, 1.82) is 0 Å². The number of fused-ring (bicyclic) bond motifs is 1. The summed E-state index contributed by atoms with van der Waals surface area (Å²) < 4.78 is 19.0. The number of benzene rings is 3. The standard InChI is InChI=1S/C26H17FN2O5S/c1-34-25(33)16-9-7-14(8-10-16)21-20(22(30)15-5-3-2-4-6-15)23(31)24(32)29(21)26-28-18-12-11-17(27)13-19(18)35-26/h2-13,21,30H,1H3. The maximum Gasteiger partial charge on any atom is 0.337 e. The number of hydrogen-bond donors (Lipinski definition) is 1. The van der Waals surface area contributed by atoms with Crippen LogP contribution < -0.4 is 4.90 Å². The van der Waals surface area contributed by atoms with Crippen LogP contribution in [0.5, 0.6) is 0 Å². The summed E-state index contributed by atoms with van der Waals surface area (Å²) >= 11 is 1.06. The lowest BCUT2D eigenvalue weighted by Gasteiger charge is -2.23. The van der Waals surface area contributed by atoms with E-state index >= 15 is 0 Å². The Labute approximate surface area is 202 Å². The molecular weight excluding hydrogens is 471 g/mol. The Bertz CT molecular complexity index is 1510. The average molecular weight is 488 g/mol. The van der Waals surface area contributed by atoms with E-state index < -0.39 is 29.5 Å². The lowest BCUT2D eigenvalue weighted by Crippen LogP contribution is -2.29. The van der Waals surface area contributed by atoms with Gasteiger partial charge in [-0.2, -0.15) is 0 Å². The molecule has 1 amide bonds. The second-order valence-electron chi connectivity index (χ2n) is 7.76. The molecule has 3 aromatic carbocycles. The van der Waals surface area contributed by atoms with E-state index in [0.717, 1.165) is 11.3 Å². The predicted molar refractivity (Wildman–Crippen MR) is 129 cm³/mol. The molecule has 0 spiro atoms. The number of thiazole rings is 1. The van der Waals surface area contributed by atoms with Crippen LogP contribution in [0.15, 0.2) is 78.4 Å². The van der Waals surface area contributed by atoms with E-state index in [1.807, 2.05) is 0 Å². The van der Waals surface area contributed by atoms with Crippen molar-refractivity contribution in [2.24, 2.45) is 0 Å². The maximum atomic E-state index is 13.8. The van der Waals surface area contributed by atoms with Crippen molar-refractivity contribution in [3.8, 4) is 0 Å². The number of nitrogens with zero attached hydrogens (tertiary/aromatic N) is 2. The fraction of sp³-hybridized carbons (Fsp3) is 0.0769. The number of Topliss-reactive ketones (excluding diaryl/α,β-unsaturated/α-hetero) is 1. The molecule has 35 heavy (non-hydrogen) atoms. The molecule has 0 radical (unpaired) electrons. The Hall–Kier alpha value is -4.37. The van der Waals surface area contributed by atoms with E-state index in [4.69, 9.17) is 4.74 Å². The molecule has 1 unspecified atom stereocenters. The van der Waals surface area contributed by atoms with E-state index in [2.05, 4.69) is 4.98 Å². The van der Waals surface area contributed by atoms with Gasteiger partial charge in [0.2, 0.25) is 0 Å². The van der Waals surface area contributed by atoms with Gasteiger partial charge in [0, 0.05) is 5.56 Å². The third-order valence-corrected chi connectivity index (χ3v) is 6.70. The molecule has 2 heterocycles. The quantitative estimate of drug-likeness (QED) is 0.191. The zero-order chi connectivity index (χ0) is 24.7. The van der Waals surface area contributed by atoms with E-state index in [1.54, 1.807) is 42.5 Å². The van der Waals surface area contributed by atoms with Crippen LogP contribution in [-0.4, -0.2) is 34.9 Å². The fourth-order valence-corrected chi connectivity index (χ4v) is 5.02. The monoisotopic (exact) mass is 488 g/mol. The Kier molecular flexibility index (Phi) is 5.62. The first-order chi connectivity index (χ1) is 16.9. The van der Waals surface area contributed by atoms with E-state index in [0.29, 0.717) is 21.3 Å². The van der Waals surface area contributed by atoms with Gasteiger partial charge in [-0.1, -0.05) is 53.8 Å². The molecule has 1 fully saturated rings. The minimum Gasteiger partial charge on any atom is -0.507 e. The van der Waals surface area contributed by atoms with Crippen molar-refractivity contribution in [3.05, 3.63) is 101 Å². The molecule has 9 heteroatoms. The molecule has 7 nitrogen and oxygen atoms in total. The van der Waals surface area contributed by atoms with Gasteiger partial charge < -0.3 is 9.84 Å². The number of halogens is 1. The van der Waals surface area contributed by atoms with Crippen LogP contribution in [0.4, 0.5) is 9.52 Å². The summed E-state index contributed by atoms with van der Waals surface area (Å²) in [6, 6.07) is 17.6. The molecule has 4 aromatic rings. The number of ketones is 1. The van der Waals surface area contributed by atoms with Gasteiger partial charge in [0.05, 0.1) is 34.5 Å². The van der Waals surface area contributed by atoms with Crippen molar-refractivity contribution >= 4 is 50.1 Å². The molecule has 0 saturated carbocycles. The number of carbonyl (C=O) groups is 3. The van der Waals surface area contributed by atoms with E-state index in [1.165, 1.54) is 42.3 Å². The molecule has 1 saturated heterocycles. The molecular formula is C26H17FN2O5S. The van der Waals surface area contributed by atoms with Crippen LogP contribution in [0.25, 0.3) is 16.0 Å². The number of aliphatic hydroxyl groups is 1. The normalized spacial score (nSPS) is 17.2. The van der Waals surface area contributed by atoms with Crippen molar-refractivity contribution in [1.82, 2.24) is 4.98 Å². The van der Waals surface area contributed by atoms with Crippen molar-refractivity contribution in [2.75, 3.05) is 12.0 Å². The van der Waals surface area contributed by atoms with Crippen LogP contribution in [0.1, 0.15) is 27.5 Å². The molecule has 1 aliphatic rings. The van der Waals surface area contributed by atoms with Gasteiger partial charge in [-0.05, 0) is 35.9 Å². The van der Waals surface area contributed by atoms with E-state index in [-0.39, 0.29) is 22.0 Å². The molecule has 1 aliphatic heterocycles. The number of esters is 1. The third kappa shape index (κ3) is 3.85. The van der Waals surface area contributed by atoms with Crippen LogP contribution in [0.2, 0.25) is 0 Å². The van der Waals surface area contributed by atoms with Gasteiger partial charge in [-0.15, -0.1) is 0 Å². The number of methoxy groups -OCH3 is 1. The number of ether oxygens (including phenoxy) is 1. The summed E-state index contributed by atoms with van der Waals surface area (Å²) in [4.78, 5) is 44.0. The predicted octanol–water partition coefficient (Wildman–Crippen LogP) is 4.85. The Morgan fingerprint density at radius 2 is 1.74 bits per heavy atom. The molecule has 0 aliphatic carbocycles. The summed E-state index contributed by atoms with van der Waals surface area (Å²) in [6.07, 6.45) is 0. The first-order valence-electron chi connectivity index (χ1n) is 10.5. The second kappa shape index (κ2) is 8.77. The first kappa shape index (κ1) is 22.4. The summed E-state index contributed by atoms with van der Waals surface area (Å²) in [6.45, 7) is 0. The number of amides is 1. The SMILES string of the molecule is COC(=O)c1ccc(C2C(=C(O)c3ccccc3)C(=O)C(=O)N2c2nc3ccc(F)cc3s2)cc1. The summed E-state index contributed by atoms with van der Waals surface area (Å²) in [5.41, 5.74) is 1.48. The highest BCUT2D eigenvalue weighted by atomic mass is 32.1. The van der Waals surface area contributed by atoms with Gasteiger partial charge >= 0.3 is 11.9 Å². The Morgan fingerprint density at radius 1 is 1.03 bits per heavy atom. The van der Waals surface area contributed by atoms with Crippen molar-refractivity contribution < 1.29 is 28.6 Å². The largest absolute Gasteiger partial charge is 0.507 e. The number of aliphatic hydroxyl groups excluding tert-OH is 1. The minimum absolute atomic E-state index is 0.113. The van der Waals surface area contributed by atoms with Gasteiger partial charge in [0.15, 0.2) is 5.13 Å². The van der Waals surface area contributed by atoms with Crippen molar-refractivity contribution in [2.45, 2.75) is 6.04 Å². The molecule has 1 N–H and O–H groups in total. The maximum absolute atomic E-state index is 13.8. The van der Waals surface area contributed by atoms with Crippen LogP contribution in [-0.2, 0) is 14.3 Å². The number of anilines is 1. The van der Waals surface area contributed by atoms with Crippen LogP contribution >= 0.6 is 11.3 Å². The number of carbonyl (C=O) groups excluding carboxylic acids is 3. The number of hydrogen-bond acceptors (Lipinski definition) is 7. The fourth-order valence-electron chi connectivity index (χ4n) is 4.01. The molecule has 1 atom stereocenters. The topological polar surface area (TPSA) is 96.8 Å². The molecule has 5 rings (SSSR count). The highest BCUT2D eigenvalue weighted by molar-refractivity contribution is 7.22. The smallest absolute Gasteiger partial charge is 0.337 e. The summed E-state index contributed by atoms with van der Waals surface area (Å²) in [7, 11) is 1.26.